The van der Waals surface area contributed by atoms with Gasteiger partial charge in [-0.15, -0.1) is 0 Å². The molecule has 3 atom stereocenters. The fraction of sp³-hybridized carbons (Fsp3) is 0.290. The van der Waals surface area contributed by atoms with Crippen LogP contribution in [0.4, 0.5) is 4.39 Å². The van der Waals surface area contributed by atoms with Gasteiger partial charge in [0.15, 0.2) is 0 Å². The highest BCUT2D eigenvalue weighted by molar-refractivity contribution is 5.97. The zero-order valence-electron chi connectivity index (χ0n) is 22.3. The van der Waals surface area contributed by atoms with Crippen LogP contribution in [-0.2, 0) is 25.5 Å². The molecule has 2 aliphatic rings. The van der Waals surface area contributed by atoms with E-state index in [9.17, 15) is 23.6 Å². The Morgan fingerprint density at radius 1 is 1.02 bits per heavy atom. The monoisotopic (exact) mass is 558 g/mol. The SMILES string of the molecule is O=C1OCC/C1=C\[C@@H](C[C@H]1CCNC1=O)NC(=O)[C@@H](Cc1ccc(F)cc1)NC(=O)c1ccc(-c2ccccc2)[nH]1. The van der Waals surface area contributed by atoms with Crippen molar-refractivity contribution in [3.63, 3.8) is 0 Å². The minimum Gasteiger partial charge on any atom is -0.462 e. The number of cyclic esters (lactones) is 1. The average molecular weight is 559 g/mol. The number of amides is 3. The first-order valence-electron chi connectivity index (χ1n) is 13.6. The van der Waals surface area contributed by atoms with Gasteiger partial charge in [-0.1, -0.05) is 48.5 Å². The van der Waals surface area contributed by atoms with Gasteiger partial charge in [-0.25, -0.2) is 9.18 Å². The molecule has 2 aliphatic heterocycles. The van der Waals surface area contributed by atoms with E-state index in [1.54, 1.807) is 30.3 Å². The number of halogens is 1. The van der Waals surface area contributed by atoms with Crippen LogP contribution in [0.15, 0.2) is 78.4 Å². The molecule has 5 rings (SSSR count). The lowest BCUT2D eigenvalue weighted by molar-refractivity contribution is -0.135. The van der Waals surface area contributed by atoms with Gasteiger partial charge in [-0.05, 0) is 48.2 Å². The summed E-state index contributed by atoms with van der Waals surface area (Å²) < 4.78 is 18.6. The normalized spacial score (nSPS) is 19.0. The Bertz CT molecular complexity index is 1450. The number of benzene rings is 2. The lowest BCUT2D eigenvalue weighted by atomic mass is 9.95. The van der Waals surface area contributed by atoms with Crippen molar-refractivity contribution in [2.24, 2.45) is 5.92 Å². The largest absolute Gasteiger partial charge is 0.462 e. The number of rotatable bonds is 10. The third-order valence-electron chi connectivity index (χ3n) is 7.29. The van der Waals surface area contributed by atoms with E-state index in [0.717, 1.165) is 11.3 Å². The maximum absolute atomic E-state index is 13.7. The number of carbonyl (C=O) groups is 4. The van der Waals surface area contributed by atoms with Crippen molar-refractivity contribution >= 4 is 23.7 Å². The van der Waals surface area contributed by atoms with Crippen molar-refractivity contribution in [3.8, 4) is 11.3 Å². The number of nitrogens with one attached hydrogen (secondary N) is 4. The van der Waals surface area contributed by atoms with Gasteiger partial charge in [0.1, 0.15) is 17.6 Å². The van der Waals surface area contributed by atoms with Gasteiger partial charge in [0.25, 0.3) is 5.91 Å². The molecule has 0 spiro atoms. The summed E-state index contributed by atoms with van der Waals surface area (Å²) in [7, 11) is 0. The Balaban J connectivity index is 1.36. The predicted octanol–water partition coefficient (Wildman–Crippen LogP) is 3.05. The maximum atomic E-state index is 13.7. The second-order valence-corrected chi connectivity index (χ2v) is 10.2. The van der Waals surface area contributed by atoms with Crippen molar-refractivity contribution in [3.05, 3.63) is 95.5 Å². The summed E-state index contributed by atoms with van der Waals surface area (Å²) in [6.07, 6.45) is 3.06. The average Bonchev–Trinajstić information content (AvgIpc) is 3.72. The van der Waals surface area contributed by atoms with Crippen LogP contribution in [0.2, 0.25) is 0 Å². The first kappa shape index (κ1) is 27.8. The summed E-state index contributed by atoms with van der Waals surface area (Å²) in [6.45, 7) is 0.812. The lowest BCUT2D eigenvalue weighted by Gasteiger charge is -2.23. The molecule has 41 heavy (non-hydrogen) atoms. The Labute approximate surface area is 236 Å². The molecule has 10 heteroatoms. The molecule has 3 aromatic rings. The lowest BCUT2D eigenvalue weighted by Crippen LogP contribution is -2.51. The van der Waals surface area contributed by atoms with Gasteiger partial charge in [0.2, 0.25) is 11.8 Å². The van der Waals surface area contributed by atoms with E-state index >= 15 is 0 Å². The topological polar surface area (TPSA) is 129 Å². The van der Waals surface area contributed by atoms with Crippen LogP contribution in [0.5, 0.6) is 0 Å². The van der Waals surface area contributed by atoms with Crippen LogP contribution in [0, 0.1) is 11.7 Å². The van der Waals surface area contributed by atoms with Crippen molar-refractivity contribution < 1.29 is 28.3 Å². The number of esters is 1. The van der Waals surface area contributed by atoms with Crippen molar-refractivity contribution in [2.45, 2.75) is 37.8 Å². The second kappa shape index (κ2) is 12.6. The molecule has 0 saturated carbocycles. The van der Waals surface area contributed by atoms with E-state index < -0.39 is 35.7 Å². The van der Waals surface area contributed by atoms with Gasteiger partial charge in [-0.3, -0.25) is 14.4 Å². The Morgan fingerprint density at radius 3 is 2.49 bits per heavy atom. The quantitative estimate of drug-likeness (QED) is 0.225. The summed E-state index contributed by atoms with van der Waals surface area (Å²) in [6, 6.07) is 17.0. The molecule has 0 bridgehead atoms. The molecule has 2 aromatic carbocycles. The van der Waals surface area contributed by atoms with E-state index in [4.69, 9.17) is 4.74 Å². The number of aromatic nitrogens is 1. The third kappa shape index (κ3) is 7.08. The van der Waals surface area contributed by atoms with E-state index in [0.29, 0.717) is 36.9 Å². The summed E-state index contributed by atoms with van der Waals surface area (Å²) >= 11 is 0. The first-order chi connectivity index (χ1) is 19.9. The third-order valence-corrected chi connectivity index (χ3v) is 7.29. The van der Waals surface area contributed by atoms with Gasteiger partial charge < -0.3 is 25.7 Å². The maximum Gasteiger partial charge on any atom is 0.333 e. The van der Waals surface area contributed by atoms with E-state index in [-0.39, 0.29) is 30.5 Å². The molecule has 1 aromatic heterocycles. The van der Waals surface area contributed by atoms with Crippen LogP contribution in [0.1, 0.15) is 35.3 Å². The molecular weight excluding hydrogens is 527 g/mol. The summed E-state index contributed by atoms with van der Waals surface area (Å²) in [5.41, 5.74) is 3.01. The Hall–Kier alpha value is -4.73. The molecule has 2 fully saturated rings. The van der Waals surface area contributed by atoms with Crippen molar-refractivity contribution in [2.75, 3.05) is 13.2 Å². The second-order valence-electron chi connectivity index (χ2n) is 10.2. The summed E-state index contributed by atoms with van der Waals surface area (Å²) in [5, 5.41) is 8.53. The molecule has 4 N–H and O–H groups in total. The first-order valence-corrected chi connectivity index (χ1v) is 13.6. The molecule has 3 heterocycles. The number of aromatic amines is 1. The van der Waals surface area contributed by atoms with E-state index in [1.807, 2.05) is 30.3 Å². The Kier molecular flexibility index (Phi) is 8.57. The molecule has 0 unspecified atom stereocenters. The number of hydrogen-bond acceptors (Lipinski definition) is 5. The number of H-pyrrole nitrogens is 1. The minimum atomic E-state index is -1.02. The standard InChI is InChI=1S/C31H31FN4O5/c32-23-8-6-19(7-9-23)16-27(36-29(38)26-11-10-25(35-26)20-4-2-1-3-5-20)30(39)34-24(17-21-12-14-33-28(21)37)18-22-13-15-41-31(22)40/h1-11,18,21,24,27,35H,12-17H2,(H,33,37)(H,34,39)(H,36,38)/b22-18+/t21-,24-,27-/m1/s1. The van der Waals surface area contributed by atoms with Gasteiger partial charge in [-0.2, -0.15) is 0 Å². The molecule has 212 valence electrons. The predicted molar refractivity (Wildman–Crippen MR) is 149 cm³/mol. The van der Waals surface area contributed by atoms with Crippen LogP contribution >= 0.6 is 0 Å². The zero-order valence-corrected chi connectivity index (χ0v) is 22.3. The fourth-order valence-electron chi connectivity index (χ4n) is 5.09. The van der Waals surface area contributed by atoms with Crippen molar-refractivity contribution in [1.29, 1.82) is 0 Å². The van der Waals surface area contributed by atoms with Gasteiger partial charge in [0.05, 0.1) is 6.61 Å². The highest BCUT2D eigenvalue weighted by atomic mass is 19.1. The molecule has 0 radical (unpaired) electrons. The highest BCUT2D eigenvalue weighted by Gasteiger charge is 2.31. The number of carbonyl (C=O) groups excluding carboxylic acids is 4. The molecule has 0 aliphatic carbocycles. The Morgan fingerprint density at radius 2 is 1.80 bits per heavy atom. The number of hydrogen-bond donors (Lipinski definition) is 4. The highest BCUT2D eigenvalue weighted by Crippen LogP contribution is 2.21. The molecule has 2 saturated heterocycles. The van der Waals surface area contributed by atoms with Crippen LogP contribution < -0.4 is 16.0 Å². The van der Waals surface area contributed by atoms with Crippen LogP contribution in [-0.4, -0.2) is 53.9 Å². The molecule has 9 nitrogen and oxygen atoms in total. The summed E-state index contributed by atoms with van der Waals surface area (Å²) in [4.78, 5) is 54.4. The van der Waals surface area contributed by atoms with Crippen molar-refractivity contribution in [1.82, 2.24) is 20.9 Å². The molecular formula is C31H31FN4O5. The van der Waals surface area contributed by atoms with Gasteiger partial charge in [0, 0.05) is 42.6 Å². The zero-order chi connectivity index (χ0) is 28.8. The van der Waals surface area contributed by atoms with Crippen LogP contribution in [0.3, 0.4) is 0 Å². The van der Waals surface area contributed by atoms with Gasteiger partial charge >= 0.3 is 5.97 Å². The van der Waals surface area contributed by atoms with Crippen LogP contribution in [0.25, 0.3) is 11.3 Å². The minimum absolute atomic E-state index is 0.0966. The van der Waals surface area contributed by atoms with E-state index in [1.165, 1.54) is 12.1 Å². The summed E-state index contributed by atoms with van der Waals surface area (Å²) in [5.74, 6) is -2.27. The number of ether oxygens (including phenoxy) is 1. The van der Waals surface area contributed by atoms with E-state index in [2.05, 4.69) is 20.9 Å². The smallest absolute Gasteiger partial charge is 0.333 e. The fourth-order valence-corrected chi connectivity index (χ4v) is 5.09. The molecule has 3 amide bonds.